The fourth-order valence-electron chi connectivity index (χ4n) is 3.37. The van der Waals surface area contributed by atoms with Gasteiger partial charge in [0.25, 0.3) is 5.91 Å². The zero-order chi connectivity index (χ0) is 17.4. The number of aromatic nitrogens is 3. The Labute approximate surface area is 152 Å². The minimum atomic E-state index is -0.0630. The van der Waals surface area contributed by atoms with Crippen molar-refractivity contribution in [3.8, 4) is 5.69 Å². The highest BCUT2D eigenvalue weighted by Crippen LogP contribution is 2.29. The first kappa shape index (κ1) is 16.5. The summed E-state index contributed by atoms with van der Waals surface area (Å²) < 4.78 is 1.70. The molecule has 0 bridgehead atoms. The molecule has 1 unspecified atom stereocenters. The maximum Gasteiger partial charge on any atom is 0.293 e. The third-order valence-electron chi connectivity index (χ3n) is 4.86. The fourth-order valence-corrected chi connectivity index (χ4v) is 3.50. The number of nitrogens with zero attached hydrogens (tertiary/aromatic N) is 4. The van der Waals surface area contributed by atoms with E-state index in [-0.39, 0.29) is 11.7 Å². The molecule has 4 rings (SSSR count). The molecule has 1 aromatic carbocycles. The molecule has 132 valence electrons. The van der Waals surface area contributed by atoms with Crippen molar-refractivity contribution in [3.63, 3.8) is 0 Å². The Balaban J connectivity index is 1.56. The van der Waals surface area contributed by atoms with Crippen LogP contribution in [0.15, 0.2) is 24.3 Å². The van der Waals surface area contributed by atoms with Gasteiger partial charge in [0.2, 0.25) is 5.82 Å². The SMILES string of the molecule is Cc1nc(C(=O)N(CC2CCCN2)C2CC2)nn1-c1ccc(Cl)cc1. The van der Waals surface area contributed by atoms with Crippen LogP contribution in [-0.2, 0) is 0 Å². The van der Waals surface area contributed by atoms with Crippen molar-refractivity contribution >= 4 is 17.5 Å². The van der Waals surface area contributed by atoms with Gasteiger partial charge in [-0.2, -0.15) is 0 Å². The first-order valence-electron chi connectivity index (χ1n) is 8.86. The number of benzene rings is 1. The van der Waals surface area contributed by atoms with Gasteiger partial charge >= 0.3 is 0 Å². The molecule has 0 spiro atoms. The summed E-state index contributed by atoms with van der Waals surface area (Å²) in [5, 5.41) is 8.61. The summed E-state index contributed by atoms with van der Waals surface area (Å²) in [6.07, 6.45) is 4.47. The quantitative estimate of drug-likeness (QED) is 0.891. The van der Waals surface area contributed by atoms with Crippen LogP contribution >= 0.6 is 11.6 Å². The number of hydrogen-bond donors (Lipinski definition) is 1. The first-order chi connectivity index (χ1) is 12.1. The lowest BCUT2D eigenvalue weighted by atomic mass is 10.2. The van der Waals surface area contributed by atoms with E-state index in [9.17, 15) is 4.79 Å². The number of rotatable bonds is 5. The Morgan fingerprint density at radius 3 is 2.72 bits per heavy atom. The predicted octanol–water partition coefficient (Wildman–Crippen LogP) is 2.59. The van der Waals surface area contributed by atoms with E-state index >= 15 is 0 Å². The van der Waals surface area contributed by atoms with E-state index in [0.29, 0.717) is 22.9 Å². The lowest BCUT2D eigenvalue weighted by Crippen LogP contribution is -2.42. The molecule has 1 aliphatic carbocycles. The van der Waals surface area contributed by atoms with E-state index in [4.69, 9.17) is 11.6 Å². The average molecular weight is 360 g/mol. The topological polar surface area (TPSA) is 63.1 Å². The number of nitrogens with one attached hydrogen (secondary N) is 1. The lowest BCUT2D eigenvalue weighted by Gasteiger charge is -2.24. The van der Waals surface area contributed by atoms with Crippen molar-refractivity contribution in [2.45, 2.75) is 44.7 Å². The first-order valence-corrected chi connectivity index (χ1v) is 9.23. The van der Waals surface area contributed by atoms with Crippen LogP contribution in [0.5, 0.6) is 0 Å². The van der Waals surface area contributed by atoms with Gasteiger partial charge in [0.1, 0.15) is 5.82 Å². The van der Waals surface area contributed by atoms with Gasteiger partial charge in [0.05, 0.1) is 5.69 Å². The van der Waals surface area contributed by atoms with Gasteiger partial charge in [0.15, 0.2) is 0 Å². The minimum absolute atomic E-state index is 0.0630. The maximum absolute atomic E-state index is 13.0. The highest BCUT2D eigenvalue weighted by molar-refractivity contribution is 6.30. The molecule has 25 heavy (non-hydrogen) atoms. The van der Waals surface area contributed by atoms with Gasteiger partial charge in [-0.15, -0.1) is 5.10 Å². The Kier molecular flexibility index (Phi) is 4.48. The summed E-state index contributed by atoms with van der Waals surface area (Å²) in [6, 6.07) is 8.10. The summed E-state index contributed by atoms with van der Waals surface area (Å²) in [4.78, 5) is 19.4. The molecule has 2 fully saturated rings. The van der Waals surface area contributed by atoms with Crippen LogP contribution in [-0.4, -0.2) is 50.7 Å². The summed E-state index contributed by atoms with van der Waals surface area (Å²) in [6.45, 7) is 3.65. The number of halogens is 1. The molecule has 2 aromatic rings. The second-order valence-electron chi connectivity index (χ2n) is 6.85. The van der Waals surface area contributed by atoms with Gasteiger partial charge < -0.3 is 10.2 Å². The van der Waals surface area contributed by atoms with Gasteiger partial charge in [-0.25, -0.2) is 9.67 Å². The molecule has 2 heterocycles. The molecular formula is C18H22ClN5O. The van der Waals surface area contributed by atoms with Crippen molar-refractivity contribution in [2.75, 3.05) is 13.1 Å². The van der Waals surface area contributed by atoms with Gasteiger partial charge in [0, 0.05) is 23.7 Å². The average Bonchev–Trinajstić information content (AvgIpc) is 3.17. The van der Waals surface area contributed by atoms with Crippen LogP contribution in [0.2, 0.25) is 5.02 Å². The number of carbonyl (C=O) groups is 1. The van der Waals surface area contributed by atoms with Crippen LogP contribution in [0.25, 0.3) is 5.69 Å². The van der Waals surface area contributed by atoms with Gasteiger partial charge in [-0.05, 0) is 63.4 Å². The van der Waals surface area contributed by atoms with Crippen LogP contribution in [0.4, 0.5) is 0 Å². The zero-order valence-electron chi connectivity index (χ0n) is 14.3. The number of hydrogen-bond acceptors (Lipinski definition) is 4. The Bertz CT molecular complexity index is 762. The van der Waals surface area contributed by atoms with Crippen molar-refractivity contribution < 1.29 is 4.79 Å². The Hall–Kier alpha value is -1.92. The van der Waals surface area contributed by atoms with E-state index in [0.717, 1.165) is 38.0 Å². The molecule has 1 aliphatic heterocycles. The van der Waals surface area contributed by atoms with E-state index in [1.165, 1.54) is 6.42 Å². The highest BCUT2D eigenvalue weighted by Gasteiger charge is 2.36. The molecule has 1 amide bonds. The lowest BCUT2D eigenvalue weighted by molar-refractivity contribution is 0.0716. The second-order valence-corrected chi connectivity index (χ2v) is 7.29. The normalized spacial score (nSPS) is 20.0. The molecule has 2 aliphatic rings. The summed E-state index contributed by atoms with van der Waals surface area (Å²) in [7, 11) is 0. The maximum atomic E-state index is 13.0. The van der Waals surface area contributed by atoms with Crippen LogP contribution < -0.4 is 5.32 Å². The summed E-state index contributed by atoms with van der Waals surface area (Å²) in [5.41, 5.74) is 0.851. The third kappa shape index (κ3) is 3.55. The van der Waals surface area contributed by atoms with Crippen molar-refractivity contribution in [1.29, 1.82) is 0 Å². The second kappa shape index (κ2) is 6.77. The van der Waals surface area contributed by atoms with Crippen LogP contribution in [0.1, 0.15) is 42.1 Å². The van der Waals surface area contributed by atoms with Crippen LogP contribution in [0.3, 0.4) is 0 Å². The van der Waals surface area contributed by atoms with Crippen molar-refractivity contribution in [2.24, 2.45) is 0 Å². The highest BCUT2D eigenvalue weighted by atomic mass is 35.5. The van der Waals surface area contributed by atoms with E-state index in [1.807, 2.05) is 36.1 Å². The monoisotopic (exact) mass is 359 g/mol. The fraction of sp³-hybridized carbons (Fsp3) is 0.500. The molecule has 1 N–H and O–H groups in total. The Morgan fingerprint density at radius 2 is 2.08 bits per heavy atom. The molecule has 7 heteroatoms. The number of aryl methyl sites for hydroxylation is 1. The summed E-state index contributed by atoms with van der Waals surface area (Å²) >= 11 is 5.95. The third-order valence-corrected chi connectivity index (χ3v) is 5.11. The molecule has 1 saturated carbocycles. The molecule has 1 saturated heterocycles. The van der Waals surface area contributed by atoms with E-state index in [2.05, 4.69) is 15.4 Å². The molecule has 1 atom stereocenters. The molecule has 0 radical (unpaired) electrons. The summed E-state index contributed by atoms with van der Waals surface area (Å²) in [5.74, 6) is 0.907. The Morgan fingerprint density at radius 1 is 1.32 bits per heavy atom. The van der Waals surface area contributed by atoms with Gasteiger partial charge in [-0.1, -0.05) is 11.6 Å². The van der Waals surface area contributed by atoms with Crippen molar-refractivity contribution in [1.82, 2.24) is 25.0 Å². The van der Waals surface area contributed by atoms with Crippen LogP contribution in [0, 0.1) is 6.92 Å². The van der Waals surface area contributed by atoms with Crippen molar-refractivity contribution in [3.05, 3.63) is 40.9 Å². The number of carbonyl (C=O) groups excluding carboxylic acids is 1. The molecule has 6 nitrogen and oxygen atoms in total. The standard InChI is InChI=1S/C18H22ClN5O/c1-12-21-17(22-24(12)16-6-4-13(19)5-7-16)18(25)23(15-8-9-15)11-14-3-2-10-20-14/h4-7,14-15,20H,2-3,8-11H2,1H3. The van der Waals surface area contributed by atoms with E-state index < -0.39 is 0 Å². The zero-order valence-corrected chi connectivity index (χ0v) is 15.0. The predicted molar refractivity (Wildman–Crippen MR) is 96.2 cm³/mol. The van der Waals surface area contributed by atoms with E-state index in [1.54, 1.807) is 4.68 Å². The number of amides is 1. The smallest absolute Gasteiger partial charge is 0.293 e. The van der Waals surface area contributed by atoms with Gasteiger partial charge in [-0.3, -0.25) is 4.79 Å². The molecule has 1 aromatic heterocycles. The molecular weight excluding hydrogens is 338 g/mol. The minimum Gasteiger partial charge on any atom is -0.331 e. The largest absolute Gasteiger partial charge is 0.331 e.